The second kappa shape index (κ2) is 9.67. The summed E-state index contributed by atoms with van der Waals surface area (Å²) < 4.78 is 8.61. The van der Waals surface area contributed by atoms with E-state index in [0.717, 1.165) is 5.56 Å². The number of aromatic nitrogens is 1. The van der Waals surface area contributed by atoms with Crippen LogP contribution in [0.4, 0.5) is 0 Å². The first-order valence-corrected chi connectivity index (χ1v) is 11.6. The van der Waals surface area contributed by atoms with Crippen LogP contribution in [0.2, 0.25) is 10.0 Å². The Kier molecular flexibility index (Phi) is 6.91. The Hall–Kier alpha value is -2.31. The highest BCUT2D eigenvalue weighted by Crippen LogP contribution is 2.44. The van der Waals surface area contributed by atoms with Gasteiger partial charge < -0.3 is 9.64 Å². The molecule has 1 aromatic heterocycles. The van der Waals surface area contributed by atoms with Crippen LogP contribution in [0.1, 0.15) is 10.4 Å². The maximum absolute atomic E-state index is 13.9. The molecule has 0 aliphatic carbocycles. The van der Waals surface area contributed by atoms with Gasteiger partial charge in [0.1, 0.15) is 6.61 Å². The van der Waals surface area contributed by atoms with E-state index in [9.17, 15) is 4.79 Å². The second-order valence-corrected chi connectivity index (χ2v) is 9.30. The highest BCUT2D eigenvalue weighted by Gasteiger charge is 2.27. The normalized spacial score (nSPS) is 11.3. The molecule has 0 aliphatic rings. The summed E-state index contributed by atoms with van der Waals surface area (Å²) in [5.41, 5.74) is 2.57. The van der Waals surface area contributed by atoms with Gasteiger partial charge in [0, 0.05) is 27.0 Å². The number of hydrogen-bond acceptors (Lipinski definition) is 3. The van der Waals surface area contributed by atoms with E-state index in [0.29, 0.717) is 55.6 Å². The number of likely N-dealkylation sites (N-methyl/N-ethyl adjacent to an activating group) is 1. The minimum absolute atomic E-state index is 0.215. The Bertz CT molecular complexity index is 1290. The molecule has 0 unspecified atom stereocenters. The molecule has 0 amide bonds. The van der Waals surface area contributed by atoms with E-state index in [1.807, 2.05) is 67.5 Å². The summed E-state index contributed by atoms with van der Waals surface area (Å²) in [6.45, 7) is 1.16. The van der Waals surface area contributed by atoms with Crippen molar-refractivity contribution >= 4 is 55.9 Å². The van der Waals surface area contributed by atoms with Crippen LogP contribution in [0.15, 0.2) is 71.2 Å². The molecule has 7 heteroatoms. The topological polar surface area (TPSA) is 34.5 Å². The van der Waals surface area contributed by atoms with Crippen LogP contribution in [0.3, 0.4) is 0 Å². The smallest absolute Gasteiger partial charge is 0.264 e. The molecule has 0 spiro atoms. The van der Waals surface area contributed by atoms with E-state index in [-0.39, 0.29) is 5.91 Å². The number of benzene rings is 3. The van der Waals surface area contributed by atoms with Gasteiger partial charge in [-0.05, 0) is 54.3 Å². The largest absolute Gasteiger partial charge is 0.489 e. The number of fused-ring (bicyclic) bond motifs is 1. The summed E-state index contributed by atoms with van der Waals surface area (Å²) in [4.78, 5) is 15.9. The van der Waals surface area contributed by atoms with Crippen molar-refractivity contribution in [1.82, 2.24) is 9.47 Å². The predicted molar refractivity (Wildman–Crippen MR) is 135 cm³/mol. The zero-order chi connectivity index (χ0) is 22.8. The molecule has 0 bridgehead atoms. The average Bonchev–Trinajstić information content (AvgIpc) is 3.08. The minimum Gasteiger partial charge on any atom is -0.489 e. The zero-order valence-corrected chi connectivity index (χ0v) is 20.7. The van der Waals surface area contributed by atoms with Crippen molar-refractivity contribution in [2.45, 2.75) is 0 Å². The lowest BCUT2D eigenvalue weighted by Crippen LogP contribution is -2.19. The van der Waals surface area contributed by atoms with Crippen LogP contribution in [0.25, 0.3) is 22.2 Å². The summed E-state index contributed by atoms with van der Waals surface area (Å²) in [5, 5.41) is 1.55. The van der Waals surface area contributed by atoms with Gasteiger partial charge >= 0.3 is 0 Å². The molecule has 0 saturated heterocycles. The van der Waals surface area contributed by atoms with Crippen molar-refractivity contribution in [2.75, 3.05) is 27.2 Å². The van der Waals surface area contributed by atoms with Crippen molar-refractivity contribution in [3.63, 3.8) is 0 Å². The Morgan fingerprint density at radius 1 is 1.03 bits per heavy atom. The molecule has 164 valence electrons. The van der Waals surface area contributed by atoms with E-state index in [1.165, 1.54) is 0 Å². The number of halogens is 3. The van der Waals surface area contributed by atoms with Gasteiger partial charge in [-0.15, -0.1) is 0 Å². The third-order valence-corrected chi connectivity index (χ3v) is 6.27. The lowest BCUT2D eigenvalue weighted by molar-refractivity contribution is 0.0965. The Labute approximate surface area is 205 Å². The molecule has 0 N–H and O–H groups in total. The molecular formula is C25H21BrCl2N2O2. The third kappa shape index (κ3) is 4.44. The standard InChI is InChI=1S/C25H21BrCl2N2O2/c1-29(2)12-13-32-24-19-14-17(27)15-21(28)23(19)30(22(24)16-8-4-3-5-9-16)25(31)18-10-6-7-11-20(18)26/h3-11,14-15H,12-13H2,1-2H3. The van der Waals surface area contributed by atoms with Gasteiger partial charge in [-0.25, -0.2) is 0 Å². The van der Waals surface area contributed by atoms with Crippen molar-refractivity contribution in [2.24, 2.45) is 0 Å². The molecule has 0 fully saturated rings. The van der Waals surface area contributed by atoms with Gasteiger partial charge in [0.25, 0.3) is 5.91 Å². The monoisotopic (exact) mass is 530 g/mol. The fourth-order valence-corrected chi connectivity index (χ4v) is 4.63. The van der Waals surface area contributed by atoms with E-state index < -0.39 is 0 Å². The Balaban J connectivity index is 2.05. The summed E-state index contributed by atoms with van der Waals surface area (Å²) in [6, 6.07) is 20.5. The number of hydrogen-bond donors (Lipinski definition) is 0. The van der Waals surface area contributed by atoms with Crippen LogP contribution in [-0.2, 0) is 0 Å². The quantitative estimate of drug-likeness (QED) is 0.268. The van der Waals surface area contributed by atoms with E-state index in [1.54, 1.807) is 22.8 Å². The zero-order valence-electron chi connectivity index (χ0n) is 17.6. The van der Waals surface area contributed by atoms with Crippen LogP contribution in [0, 0.1) is 0 Å². The van der Waals surface area contributed by atoms with Gasteiger partial charge in [0.05, 0.1) is 21.8 Å². The molecule has 4 rings (SSSR count). The molecule has 0 atom stereocenters. The maximum atomic E-state index is 13.9. The van der Waals surface area contributed by atoms with Crippen LogP contribution in [0.5, 0.6) is 5.75 Å². The van der Waals surface area contributed by atoms with E-state index >= 15 is 0 Å². The molecule has 1 heterocycles. The number of nitrogens with zero attached hydrogens (tertiary/aromatic N) is 2. The number of rotatable bonds is 6. The fraction of sp³-hybridized carbons (Fsp3) is 0.160. The predicted octanol–water partition coefficient (Wildman–Crippen LogP) is 7.01. The second-order valence-electron chi connectivity index (χ2n) is 7.60. The van der Waals surface area contributed by atoms with Crippen LogP contribution in [-0.4, -0.2) is 42.6 Å². The van der Waals surface area contributed by atoms with Crippen LogP contribution >= 0.6 is 39.1 Å². The first-order valence-electron chi connectivity index (χ1n) is 10.0. The van der Waals surface area contributed by atoms with Gasteiger partial charge in [0.2, 0.25) is 0 Å². The van der Waals surface area contributed by atoms with Gasteiger partial charge in [-0.2, -0.15) is 0 Å². The molecule has 3 aromatic carbocycles. The van der Waals surface area contributed by atoms with Gasteiger partial charge in [0.15, 0.2) is 5.75 Å². The van der Waals surface area contributed by atoms with E-state index in [2.05, 4.69) is 15.9 Å². The molecule has 32 heavy (non-hydrogen) atoms. The summed E-state index contributed by atoms with van der Waals surface area (Å²) in [6.07, 6.45) is 0. The van der Waals surface area contributed by atoms with E-state index in [4.69, 9.17) is 27.9 Å². The highest BCUT2D eigenvalue weighted by atomic mass is 79.9. The SMILES string of the molecule is CN(C)CCOc1c(-c2ccccc2)n(C(=O)c2ccccc2Br)c2c(Cl)cc(Cl)cc12. The molecule has 4 aromatic rings. The molecule has 0 aliphatic heterocycles. The number of ether oxygens (including phenoxy) is 1. The van der Waals surface area contributed by atoms with Gasteiger partial charge in [-0.3, -0.25) is 9.36 Å². The summed E-state index contributed by atoms with van der Waals surface area (Å²) in [7, 11) is 3.96. The van der Waals surface area contributed by atoms with Crippen molar-refractivity contribution in [3.05, 3.63) is 86.8 Å². The number of carbonyl (C=O) groups excluding carboxylic acids is 1. The molecule has 0 radical (unpaired) electrons. The summed E-state index contributed by atoms with van der Waals surface area (Å²) >= 11 is 16.5. The van der Waals surface area contributed by atoms with Crippen molar-refractivity contribution < 1.29 is 9.53 Å². The Morgan fingerprint density at radius 3 is 2.41 bits per heavy atom. The summed E-state index contributed by atoms with van der Waals surface area (Å²) in [5.74, 6) is 0.367. The molecule has 4 nitrogen and oxygen atoms in total. The number of carbonyl (C=O) groups is 1. The molecule has 0 saturated carbocycles. The lowest BCUT2D eigenvalue weighted by Gasteiger charge is -2.14. The van der Waals surface area contributed by atoms with Gasteiger partial charge in [-0.1, -0.05) is 65.7 Å². The first-order chi connectivity index (χ1) is 15.4. The fourth-order valence-electron chi connectivity index (χ4n) is 3.60. The highest BCUT2D eigenvalue weighted by molar-refractivity contribution is 9.10. The third-order valence-electron chi connectivity index (χ3n) is 5.07. The van der Waals surface area contributed by atoms with Crippen LogP contribution < -0.4 is 4.74 Å². The maximum Gasteiger partial charge on any atom is 0.264 e. The molecular weight excluding hydrogens is 511 g/mol. The Morgan fingerprint density at radius 2 is 1.72 bits per heavy atom. The average molecular weight is 532 g/mol. The lowest BCUT2D eigenvalue weighted by atomic mass is 10.1. The minimum atomic E-state index is -0.215. The first kappa shape index (κ1) is 22.9. The van der Waals surface area contributed by atoms with Crippen molar-refractivity contribution in [3.8, 4) is 17.0 Å². The van der Waals surface area contributed by atoms with Crippen molar-refractivity contribution in [1.29, 1.82) is 0 Å².